The number of fused-ring (bicyclic) bond motifs is 1. The molecule has 0 N–H and O–H groups in total. The normalized spacial score (nSPS) is 17.4. The Hall–Kier alpha value is -0.960. The smallest absolute Gasteiger partial charge is 0.237 e. The zero-order chi connectivity index (χ0) is 12.5. The van der Waals surface area contributed by atoms with Gasteiger partial charge < -0.3 is 4.90 Å². The van der Waals surface area contributed by atoms with Gasteiger partial charge in [0.05, 0.1) is 5.41 Å². The quantitative estimate of drug-likeness (QED) is 0.642. The van der Waals surface area contributed by atoms with Gasteiger partial charge in [-0.15, -0.1) is 0 Å². The molecule has 0 radical (unpaired) electrons. The van der Waals surface area contributed by atoms with Crippen molar-refractivity contribution in [3.63, 3.8) is 0 Å². The van der Waals surface area contributed by atoms with Gasteiger partial charge in [0.2, 0.25) is 5.91 Å². The van der Waals surface area contributed by atoms with Gasteiger partial charge in [-0.25, -0.2) is 0 Å². The minimum Gasteiger partial charge on any atom is -0.311 e. The van der Waals surface area contributed by atoms with E-state index in [4.69, 9.17) is 0 Å². The van der Waals surface area contributed by atoms with Crippen LogP contribution in [0.2, 0.25) is 0 Å². The first-order valence-corrected chi connectivity index (χ1v) is 6.74. The van der Waals surface area contributed by atoms with Crippen molar-refractivity contribution in [2.24, 2.45) is 0 Å². The molecule has 2 nitrogen and oxygen atoms in total. The predicted octanol–water partition coefficient (Wildman–Crippen LogP) is 3.02. The van der Waals surface area contributed by atoms with E-state index in [9.17, 15) is 4.79 Å². The molecule has 1 aromatic rings. The Bertz CT molecular complexity index is 428. The van der Waals surface area contributed by atoms with Crippen LogP contribution in [0.25, 0.3) is 0 Å². The lowest BCUT2D eigenvalue weighted by atomic mass is 9.86. The van der Waals surface area contributed by atoms with Crippen molar-refractivity contribution in [3.8, 4) is 0 Å². The minimum absolute atomic E-state index is 0.220. The van der Waals surface area contributed by atoms with E-state index in [0.717, 1.165) is 36.4 Å². The van der Waals surface area contributed by atoms with Gasteiger partial charge in [0, 0.05) is 12.2 Å². The average molecular weight is 249 g/mol. The molecule has 1 heterocycles. The molecule has 0 saturated heterocycles. The number of benzene rings is 1. The maximum atomic E-state index is 12.4. The lowest BCUT2D eigenvalue weighted by molar-refractivity contribution is -0.122. The molecule has 0 aromatic heterocycles. The zero-order valence-corrected chi connectivity index (χ0v) is 11.3. The van der Waals surface area contributed by atoms with Crippen LogP contribution in [0.5, 0.6) is 0 Å². The van der Waals surface area contributed by atoms with Gasteiger partial charge in [-0.05, 0) is 44.1 Å². The Labute approximate surface area is 108 Å². The van der Waals surface area contributed by atoms with Gasteiger partial charge in [-0.1, -0.05) is 18.2 Å². The highest BCUT2D eigenvalue weighted by Gasteiger charge is 2.42. The molecule has 1 aromatic carbocycles. The van der Waals surface area contributed by atoms with E-state index in [1.54, 1.807) is 0 Å². The fourth-order valence-corrected chi connectivity index (χ4v) is 2.63. The molecule has 0 unspecified atom stereocenters. The van der Waals surface area contributed by atoms with Crippen LogP contribution in [0.1, 0.15) is 32.3 Å². The Morgan fingerprint density at radius 1 is 1.24 bits per heavy atom. The summed E-state index contributed by atoms with van der Waals surface area (Å²) >= 11 is 4.21. The summed E-state index contributed by atoms with van der Waals surface area (Å²) in [6, 6.07) is 8.11. The number of thiol groups is 1. The predicted molar refractivity (Wildman–Crippen MR) is 74.9 cm³/mol. The summed E-state index contributed by atoms with van der Waals surface area (Å²) < 4.78 is 0. The van der Waals surface area contributed by atoms with E-state index >= 15 is 0 Å². The van der Waals surface area contributed by atoms with Crippen molar-refractivity contribution >= 4 is 24.2 Å². The summed E-state index contributed by atoms with van der Waals surface area (Å²) in [5.74, 6) is 1.10. The second kappa shape index (κ2) is 4.73. The van der Waals surface area contributed by atoms with Crippen molar-refractivity contribution in [1.29, 1.82) is 0 Å². The summed E-state index contributed by atoms with van der Waals surface area (Å²) in [5.41, 5.74) is 1.86. The van der Waals surface area contributed by atoms with Gasteiger partial charge in [-0.3, -0.25) is 4.79 Å². The topological polar surface area (TPSA) is 20.3 Å². The van der Waals surface area contributed by atoms with Gasteiger partial charge in [0.1, 0.15) is 0 Å². The molecule has 1 amide bonds. The van der Waals surface area contributed by atoms with Gasteiger partial charge in [0.25, 0.3) is 0 Å². The maximum absolute atomic E-state index is 12.4. The van der Waals surface area contributed by atoms with Gasteiger partial charge >= 0.3 is 0 Å². The number of anilines is 1. The molecule has 0 atom stereocenters. The number of carbonyl (C=O) groups is 1. The van der Waals surface area contributed by atoms with Crippen LogP contribution >= 0.6 is 12.6 Å². The molecule has 0 fully saturated rings. The van der Waals surface area contributed by atoms with Crippen molar-refractivity contribution in [2.75, 3.05) is 17.2 Å². The van der Waals surface area contributed by atoms with E-state index in [0.29, 0.717) is 0 Å². The average Bonchev–Trinajstić information content (AvgIpc) is 2.51. The first kappa shape index (κ1) is 12.5. The third kappa shape index (κ3) is 2.08. The van der Waals surface area contributed by atoms with Crippen LogP contribution in [0.3, 0.4) is 0 Å². The number of unbranched alkanes of at least 4 members (excludes halogenated alkanes) is 1. The highest BCUT2D eigenvalue weighted by Crippen LogP contribution is 2.41. The van der Waals surface area contributed by atoms with Crippen LogP contribution in [0, 0.1) is 0 Å². The number of carbonyl (C=O) groups excluding carboxylic acids is 1. The minimum atomic E-state index is -0.377. The van der Waals surface area contributed by atoms with Crippen LogP contribution < -0.4 is 4.90 Å². The van der Waals surface area contributed by atoms with Crippen molar-refractivity contribution in [3.05, 3.63) is 29.8 Å². The molecular weight excluding hydrogens is 230 g/mol. The Morgan fingerprint density at radius 3 is 2.65 bits per heavy atom. The van der Waals surface area contributed by atoms with E-state index < -0.39 is 0 Å². The second-order valence-corrected chi connectivity index (χ2v) is 5.48. The third-order valence-corrected chi connectivity index (χ3v) is 3.75. The Kier molecular flexibility index (Phi) is 3.48. The van der Waals surface area contributed by atoms with Crippen molar-refractivity contribution in [2.45, 2.75) is 32.1 Å². The molecule has 2 rings (SSSR count). The second-order valence-electron chi connectivity index (χ2n) is 5.03. The lowest BCUT2D eigenvalue weighted by Crippen LogP contribution is -2.36. The number of hydrogen-bond donors (Lipinski definition) is 1. The van der Waals surface area contributed by atoms with E-state index in [-0.39, 0.29) is 11.3 Å². The summed E-state index contributed by atoms with van der Waals surface area (Å²) in [7, 11) is 0. The molecule has 0 bridgehead atoms. The third-order valence-electron chi connectivity index (χ3n) is 3.44. The van der Waals surface area contributed by atoms with E-state index in [1.165, 1.54) is 0 Å². The number of rotatable bonds is 4. The van der Waals surface area contributed by atoms with Crippen molar-refractivity contribution < 1.29 is 4.79 Å². The van der Waals surface area contributed by atoms with E-state index in [2.05, 4.69) is 18.7 Å². The first-order chi connectivity index (χ1) is 8.09. The number of nitrogens with zero attached hydrogens (tertiary/aromatic N) is 1. The molecule has 1 aliphatic rings. The lowest BCUT2D eigenvalue weighted by Gasteiger charge is -2.20. The molecule has 3 heteroatoms. The molecule has 0 aliphatic carbocycles. The number of para-hydroxylation sites is 1. The monoisotopic (exact) mass is 249 g/mol. The van der Waals surface area contributed by atoms with Crippen LogP contribution in [0.15, 0.2) is 24.3 Å². The molecule has 92 valence electrons. The van der Waals surface area contributed by atoms with Gasteiger partial charge in [0.15, 0.2) is 0 Å². The molecule has 0 spiro atoms. The molecule has 1 aliphatic heterocycles. The SMILES string of the molecule is CC1(C)C(=O)N(CCCCS)c2ccccc21. The number of amides is 1. The summed E-state index contributed by atoms with van der Waals surface area (Å²) in [6.07, 6.45) is 2.06. The van der Waals surface area contributed by atoms with Crippen LogP contribution in [0.4, 0.5) is 5.69 Å². The zero-order valence-electron chi connectivity index (χ0n) is 10.4. The Balaban J connectivity index is 2.27. The fraction of sp³-hybridized carbons (Fsp3) is 0.500. The summed E-state index contributed by atoms with van der Waals surface area (Å²) in [5, 5.41) is 0. The summed E-state index contributed by atoms with van der Waals surface area (Å²) in [4.78, 5) is 14.3. The Morgan fingerprint density at radius 2 is 1.94 bits per heavy atom. The molecule has 17 heavy (non-hydrogen) atoms. The highest BCUT2D eigenvalue weighted by atomic mass is 32.1. The van der Waals surface area contributed by atoms with E-state index in [1.807, 2.05) is 36.9 Å². The van der Waals surface area contributed by atoms with Crippen molar-refractivity contribution in [1.82, 2.24) is 0 Å². The van der Waals surface area contributed by atoms with Crippen LogP contribution in [-0.2, 0) is 10.2 Å². The van der Waals surface area contributed by atoms with Crippen LogP contribution in [-0.4, -0.2) is 18.2 Å². The largest absolute Gasteiger partial charge is 0.311 e. The standard InChI is InChI=1S/C14H19NOS/c1-14(2)11-7-3-4-8-12(11)15(13(14)16)9-5-6-10-17/h3-4,7-8,17H,5-6,9-10H2,1-2H3. The fourth-order valence-electron chi connectivity index (χ4n) is 2.40. The number of hydrogen-bond acceptors (Lipinski definition) is 2. The molecule has 0 saturated carbocycles. The first-order valence-electron chi connectivity index (χ1n) is 6.11. The summed E-state index contributed by atoms with van der Waals surface area (Å²) in [6.45, 7) is 4.82. The van der Waals surface area contributed by atoms with Gasteiger partial charge in [-0.2, -0.15) is 12.6 Å². The molecular formula is C14H19NOS. The highest BCUT2D eigenvalue weighted by molar-refractivity contribution is 7.80. The maximum Gasteiger partial charge on any atom is 0.237 e.